The predicted molar refractivity (Wildman–Crippen MR) is 85.0 cm³/mol. The van der Waals surface area contributed by atoms with E-state index in [4.69, 9.17) is 8.94 Å². The smallest absolute Gasteiger partial charge is 0.228 e. The molecular weight excluding hydrogens is 324 g/mol. The summed E-state index contributed by atoms with van der Waals surface area (Å²) in [4.78, 5) is 33.0. The van der Waals surface area contributed by atoms with E-state index in [0.717, 1.165) is 18.6 Å². The molecule has 2 saturated heterocycles. The standard InChI is InChI=1S/C17H20N4O4/c1-11-18-16(19-25-11)14-5-2-6-21(14)17(23)12-8-15(22)20(9-12)10-13-4-3-7-24-13/h3-4,7,12,14H,2,5-6,8-10H2,1H3/t12-,14+/m0/s1. The molecule has 2 aliphatic heterocycles. The van der Waals surface area contributed by atoms with Crippen LogP contribution in [0, 0.1) is 12.8 Å². The summed E-state index contributed by atoms with van der Waals surface area (Å²) >= 11 is 0. The van der Waals surface area contributed by atoms with Gasteiger partial charge in [0.15, 0.2) is 5.82 Å². The zero-order valence-electron chi connectivity index (χ0n) is 14.1. The minimum atomic E-state index is -0.323. The summed E-state index contributed by atoms with van der Waals surface area (Å²) in [7, 11) is 0. The first-order valence-corrected chi connectivity index (χ1v) is 8.52. The van der Waals surface area contributed by atoms with Crippen molar-refractivity contribution >= 4 is 11.8 Å². The van der Waals surface area contributed by atoms with Gasteiger partial charge in [0, 0.05) is 26.4 Å². The molecule has 2 aromatic rings. The Bertz CT molecular complexity index is 769. The van der Waals surface area contributed by atoms with Crippen LogP contribution in [0.5, 0.6) is 0 Å². The van der Waals surface area contributed by atoms with Gasteiger partial charge in [-0.25, -0.2) is 0 Å². The minimum absolute atomic E-state index is 0.000230. The highest BCUT2D eigenvalue weighted by atomic mass is 16.5. The molecule has 2 fully saturated rings. The Hall–Kier alpha value is -2.64. The third-order valence-corrected chi connectivity index (χ3v) is 4.87. The lowest BCUT2D eigenvalue weighted by Crippen LogP contribution is -2.37. The second-order valence-electron chi connectivity index (χ2n) is 6.62. The third kappa shape index (κ3) is 3.04. The summed E-state index contributed by atoms with van der Waals surface area (Å²) in [5.74, 6) is 1.44. The second-order valence-corrected chi connectivity index (χ2v) is 6.62. The fourth-order valence-electron chi connectivity index (χ4n) is 3.66. The summed E-state index contributed by atoms with van der Waals surface area (Å²) in [5, 5.41) is 3.97. The number of aryl methyl sites for hydroxylation is 1. The Morgan fingerprint density at radius 2 is 2.32 bits per heavy atom. The van der Waals surface area contributed by atoms with Crippen LogP contribution in [0.25, 0.3) is 0 Å². The highest BCUT2D eigenvalue weighted by Crippen LogP contribution is 2.33. The van der Waals surface area contributed by atoms with E-state index < -0.39 is 0 Å². The maximum absolute atomic E-state index is 13.0. The van der Waals surface area contributed by atoms with Gasteiger partial charge in [0.25, 0.3) is 0 Å². The lowest BCUT2D eigenvalue weighted by molar-refractivity contribution is -0.136. The number of nitrogens with zero attached hydrogens (tertiary/aromatic N) is 4. The summed E-state index contributed by atoms with van der Waals surface area (Å²) in [6, 6.07) is 3.47. The maximum atomic E-state index is 13.0. The molecule has 0 unspecified atom stereocenters. The van der Waals surface area contributed by atoms with E-state index in [-0.39, 0.29) is 30.2 Å². The van der Waals surface area contributed by atoms with Gasteiger partial charge in [-0.2, -0.15) is 4.98 Å². The Labute approximate surface area is 144 Å². The molecule has 2 atom stereocenters. The first-order valence-electron chi connectivity index (χ1n) is 8.52. The number of hydrogen-bond donors (Lipinski definition) is 0. The SMILES string of the molecule is Cc1nc([C@H]2CCCN2C(=O)[C@H]2CC(=O)N(Cc3ccco3)C2)no1. The van der Waals surface area contributed by atoms with E-state index in [9.17, 15) is 9.59 Å². The molecule has 2 aromatic heterocycles. The summed E-state index contributed by atoms with van der Waals surface area (Å²) in [5.41, 5.74) is 0. The van der Waals surface area contributed by atoms with E-state index in [1.807, 2.05) is 6.07 Å². The molecule has 0 aromatic carbocycles. The van der Waals surface area contributed by atoms with Crippen molar-refractivity contribution in [1.29, 1.82) is 0 Å². The van der Waals surface area contributed by atoms with E-state index in [1.54, 1.807) is 29.1 Å². The number of hydrogen-bond acceptors (Lipinski definition) is 6. The maximum Gasteiger partial charge on any atom is 0.228 e. The Balaban J connectivity index is 1.44. The van der Waals surface area contributed by atoms with Gasteiger partial charge in [-0.15, -0.1) is 0 Å². The van der Waals surface area contributed by atoms with E-state index in [1.165, 1.54) is 0 Å². The van der Waals surface area contributed by atoms with Gasteiger partial charge in [0.1, 0.15) is 5.76 Å². The lowest BCUT2D eigenvalue weighted by atomic mass is 10.1. The number of amides is 2. The number of likely N-dealkylation sites (tertiary alicyclic amines) is 2. The highest BCUT2D eigenvalue weighted by molar-refractivity contribution is 5.89. The molecule has 8 nitrogen and oxygen atoms in total. The molecule has 4 rings (SSSR count). The van der Waals surface area contributed by atoms with Gasteiger partial charge < -0.3 is 18.7 Å². The van der Waals surface area contributed by atoms with Crippen molar-refractivity contribution in [2.24, 2.45) is 5.92 Å². The second kappa shape index (κ2) is 6.34. The van der Waals surface area contributed by atoms with Crippen molar-refractivity contribution in [3.8, 4) is 0 Å². The zero-order valence-corrected chi connectivity index (χ0v) is 14.1. The minimum Gasteiger partial charge on any atom is -0.467 e. The largest absolute Gasteiger partial charge is 0.467 e. The molecule has 132 valence electrons. The first-order chi connectivity index (χ1) is 12.1. The van der Waals surface area contributed by atoms with Gasteiger partial charge in [-0.05, 0) is 25.0 Å². The van der Waals surface area contributed by atoms with E-state index in [0.29, 0.717) is 31.3 Å². The van der Waals surface area contributed by atoms with Gasteiger partial charge in [0.2, 0.25) is 17.7 Å². The average Bonchev–Trinajstić information content (AvgIpc) is 3.35. The molecule has 0 saturated carbocycles. The van der Waals surface area contributed by atoms with Crippen LogP contribution in [0.15, 0.2) is 27.3 Å². The monoisotopic (exact) mass is 344 g/mol. The Morgan fingerprint density at radius 1 is 1.44 bits per heavy atom. The van der Waals surface area contributed by atoms with Gasteiger partial charge >= 0.3 is 0 Å². The van der Waals surface area contributed by atoms with Crippen molar-refractivity contribution in [1.82, 2.24) is 19.9 Å². The molecular formula is C17H20N4O4. The van der Waals surface area contributed by atoms with Crippen molar-refractivity contribution in [3.05, 3.63) is 35.9 Å². The van der Waals surface area contributed by atoms with Crippen molar-refractivity contribution in [2.75, 3.05) is 13.1 Å². The summed E-state index contributed by atoms with van der Waals surface area (Å²) < 4.78 is 10.4. The molecule has 0 aliphatic carbocycles. The van der Waals surface area contributed by atoms with E-state index in [2.05, 4.69) is 10.1 Å². The van der Waals surface area contributed by atoms with Crippen LogP contribution >= 0.6 is 0 Å². The fourth-order valence-corrected chi connectivity index (χ4v) is 3.66. The van der Waals surface area contributed by atoms with Crippen molar-refractivity contribution < 1.29 is 18.5 Å². The normalized spacial score (nSPS) is 23.6. The van der Waals surface area contributed by atoms with E-state index >= 15 is 0 Å². The van der Waals surface area contributed by atoms with Gasteiger partial charge in [0.05, 0.1) is 24.8 Å². The number of rotatable bonds is 4. The average molecular weight is 344 g/mol. The molecule has 4 heterocycles. The fraction of sp³-hybridized carbons (Fsp3) is 0.529. The number of carbonyl (C=O) groups excluding carboxylic acids is 2. The topological polar surface area (TPSA) is 92.7 Å². The molecule has 2 amide bonds. The van der Waals surface area contributed by atoms with Crippen LogP contribution in [0.1, 0.15) is 42.8 Å². The van der Waals surface area contributed by atoms with Crippen LogP contribution in [0.2, 0.25) is 0 Å². The number of carbonyl (C=O) groups is 2. The molecule has 25 heavy (non-hydrogen) atoms. The van der Waals surface area contributed by atoms with Crippen LogP contribution in [0.4, 0.5) is 0 Å². The van der Waals surface area contributed by atoms with Crippen LogP contribution < -0.4 is 0 Å². The highest BCUT2D eigenvalue weighted by Gasteiger charge is 2.41. The summed E-state index contributed by atoms with van der Waals surface area (Å²) in [6.07, 6.45) is 3.55. The van der Waals surface area contributed by atoms with Crippen LogP contribution in [-0.2, 0) is 16.1 Å². The van der Waals surface area contributed by atoms with Crippen molar-refractivity contribution in [2.45, 2.75) is 38.8 Å². The molecule has 0 radical (unpaired) electrons. The van der Waals surface area contributed by atoms with Crippen LogP contribution in [0.3, 0.4) is 0 Å². The zero-order chi connectivity index (χ0) is 17.4. The first kappa shape index (κ1) is 15.9. The quantitative estimate of drug-likeness (QED) is 0.838. The molecule has 8 heteroatoms. The molecule has 2 aliphatic rings. The number of furan rings is 1. The van der Waals surface area contributed by atoms with Gasteiger partial charge in [-0.3, -0.25) is 9.59 Å². The number of aromatic nitrogens is 2. The molecule has 0 bridgehead atoms. The predicted octanol–water partition coefficient (Wildman–Crippen LogP) is 1.68. The van der Waals surface area contributed by atoms with Crippen LogP contribution in [-0.4, -0.2) is 44.8 Å². The third-order valence-electron chi connectivity index (χ3n) is 4.87. The van der Waals surface area contributed by atoms with Crippen molar-refractivity contribution in [3.63, 3.8) is 0 Å². The lowest BCUT2D eigenvalue weighted by Gasteiger charge is -2.25. The molecule has 0 N–H and O–H groups in total. The van der Waals surface area contributed by atoms with Gasteiger partial charge in [-0.1, -0.05) is 5.16 Å². The Morgan fingerprint density at radius 3 is 3.04 bits per heavy atom. The summed E-state index contributed by atoms with van der Waals surface area (Å²) in [6.45, 7) is 3.23. The Kier molecular flexibility index (Phi) is 4.03. The molecule has 0 spiro atoms.